The van der Waals surface area contributed by atoms with E-state index in [0.29, 0.717) is 0 Å². The average Bonchev–Trinajstić information content (AvgIpc) is 3.91. The number of furan rings is 1. The molecule has 0 atom stereocenters. The zero-order valence-electron chi connectivity index (χ0n) is 29.8. The molecule has 256 valence electrons. The molecule has 0 unspecified atom stereocenters. The second kappa shape index (κ2) is 11.6. The van der Waals surface area contributed by atoms with Gasteiger partial charge in [0.1, 0.15) is 5.58 Å². The van der Waals surface area contributed by atoms with Crippen molar-refractivity contribution in [3.8, 4) is 33.6 Å². The first kappa shape index (κ1) is 30.1. The van der Waals surface area contributed by atoms with Crippen LogP contribution in [0.25, 0.3) is 110 Å². The molecule has 3 nitrogen and oxygen atoms in total. The quantitative estimate of drug-likeness (QED) is 0.179. The van der Waals surface area contributed by atoms with Crippen LogP contribution in [-0.2, 0) is 0 Å². The average molecular weight is 701 g/mol. The highest BCUT2D eigenvalue weighted by Crippen LogP contribution is 2.46. The monoisotopic (exact) mass is 700 g/mol. The smallest absolute Gasteiger partial charge is 0.159 e. The minimum Gasteiger partial charge on any atom is -0.454 e. The van der Waals surface area contributed by atoms with Gasteiger partial charge in [0.05, 0.1) is 27.8 Å². The fourth-order valence-corrected chi connectivity index (χ4v) is 9.21. The van der Waals surface area contributed by atoms with Crippen LogP contribution in [0.5, 0.6) is 0 Å². The molecule has 12 aromatic rings. The van der Waals surface area contributed by atoms with Crippen molar-refractivity contribution in [1.29, 1.82) is 0 Å². The number of fused-ring (bicyclic) bond motifs is 10. The zero-order chi connectivity index (χ0) is 36.0. The molecule has 0 saturated carbocycles. The first-order valence-electron chi connectivity index (χ1n) is 18.9. The van der Waals surface area contributed by atoms with Crippen LogP contribution in [0.1, 0.15) is 0 Å². The molecule has 0 amide bonds. The summed E-state index contributed by atoms with van der Waals surface area (Å²) in [7, 11) is 0. The van der Waals surface area contributed by atoms with E-state index in [4.69, 9.17) is 4.42 Å². The molecule has 3 aromatic heterocycles. The maximum absolute atomic E-state index is 6.83. The summed E-state index contributed by atoms with van der Waals surface area (Å²) in [5.41, 5.74) is 13.4. The van der Waals surface area contributed by atoms with E-state index in [0.717, 1.165) is 49.9 Å². The van der Waals surface area contributed by atoms with Gasteiger partial charge in [0, 0.05) is 38.0 Å². The molecule has 3 heterocycles. The largest absolute Gasteiger partial charge is 0.454 e. The van der Waals surface area contributed by atoms with Gasteiger partial charge in [0.2, 0.25) is 0 Å². The molecule has 0 saturated heterocycles. The highest BCUT2D eigenvalue weighted by atomic mass is 16.3. The van der Waals surface area contributed by atoms with Crippen LogP contribution in [0.3, 0.4) is 0 Å². The van der Waals surface area contributed by atoms with Gasteiger partial charge in [-0.25, -0.2) is 0 Å². The molecule has 0 aliphatic heterocycles. The summed E-state index contributed by atoms with van der Waals surface area (Å²) >= 11 is 0. The number of hydrogen-bond donors (Lipinski definition) is 0. The van der Waals surface area contributed by atoms with Gasteiger partial charge >= 0.3 is 0 Å². The van der Waals surface area contributed by atoms with Gasteiger partial charge in [0.15, 0.2) is 5.58 Å². The van der Waals surface area contributed by atoms with E-state index >= 15 is 0 Å². The van der Waals surface area contributed by atoms with Crippen molar-refractivity contribution < 1.29 is 4.42 Å². The number of aromatic nitrogens is 2. The summed E-state index contributed by atoms with van der Waals surface area (Å²) in [5.74, 6) is 0. The minimum absolute atomic E-state index is 0.881. The Kier molecular flexibility index (Phi) is 6.34. The van der Waals surface area contributed by atoms with Gasteiger partial charge in [-0.1, -0.05) is 140 Å². The minimum atomic E-state index is 0.881. The topological polar surface area (TPSA) is 23.0 Å². The molecule has 12 rings (SSSR count). The molecule has 0 bridgehead atoms. The molecular weight excluding hydrogens is 669 g/mol. The summed E-state index contributed by atoms with van der Waals surface area (Å²) in [4.78, 5) is 0. The van der Waals surface area contributed by atoms with Crippen molar-refractivity contribution in [1.82, 2.24) is 9.13 Å². The molecule has 0 aliphatic rings. The van der Waals surface area contributed by atoms with Crippen molar-refractivity contribution >= 4 is 76.3 Å². The van der Waals surface area contributed by atoms with E-state index in [-0.39, 0.29) is 0 Å². The molecule has 0 aliphatic carbocycles. The second-order valence-electron chi connectivity index (χ2n) is 14.4. The molecular formula is C52H32N2O. The predicted octanol–water partition coefficient (Wildman–Crippen LogP) is 14.3. The molecule has 3 heteroatoms. The number of hydrogen-bond acceptors (Lipinski definition) is 1. The highest BCUT2D eigenvalue weighted by molar-refractivity contribution is 6.23. The Labute approximate surface area is 316 Å². The van der Waals surface area contributed by atoms with Crippen LogP contribution in [0, 0.1) is 0 Å². The summed E-state index contributed by atoms with van der Waals surface area (Å²) in [5, 5.41) is 9.60. The molecule has 0 fully saturated rings. The third-order valence-corrected chi connectivity index (χ3v) is 11.5. The van der Waals surface area contributed by atoms with E-state index in [9.17, 15) is 0 Å². The van der Waals surface area contributed by atoms with E-state index in [1.165, 1.54) is 60.0 Å². The van der Waals surface area contributed by atoms with Crippen LogP contribution in [-0.4, -0.2) is 9.13 Å². The van der Waals surface area contributed by atoms with Crippen LogP contribution in [0.15, 0.2) is 199 Å². The van der Waals surface area contributed by atoms with E-state index in [1.54, 1.807) is 0 Å². The molecule has 0 spiro atoms. The fraction of sp³-hybridized carbons (Fsp3) is 0. The predicted molar refractivity (Wildman–Crippen MR) is 231 cm³/mol. The van der Waals surface area contributed by atoms with Gasteiger partial charge in [-0.3, -0.25) is 0 Å². The zero-order valence-corrected chi connectivity index (χ0v) is 29.8. The fourth-order valence-electron chi connectivity index (χ4n) is 9.21. The van der Waals surface area contributed by atoms with E-state index in [2.05, 4.69) is 203 Å². The second-order valence-corrected chi connectivity index (χ2v) is 14.4. The lowest BCUT2D eigenvalue weighted by Gasteiger charge is -2.13. The van der Waals surface area contributed by atoms with E-state index < -0.39 is 0 Å². The number of rotatable bonds is 4. The van der Waals surface area contributed by atoms with Gasteiger partial charge in [-0.2, -0.15) is 0 Å². The Hall–Kier alpha value is -7.36. The summed E-state index contributed by atoms with van der Waals surface area (Å²) in [6.45, 7) is 0. The summed E-state index contributed by atoms with van der Waals surface area (Å²) in [6.07, 6.45) is 0. The van der Waals surface area contributed by atoms with Gasteiger partial charge < -0.3 is 13.6 Å². The highest BCUT2D eigenvalue weighted by Gasteiger charge is 2.23. The normalized spacial score (nSPS) is 12.0. The first-order valence-corrected chi connectivity index (χ1v) is 18.9. The van der Waals surface area contributed by atoms with Crippen LogP contribution >= 0.6 is 0 Å². The SMILES string of the molecule is c1ccc(-n2c3ccccc3c3c(-c4cccc5c4c4ccccc4n5-c4cc(-c5cccc6ccccc56)cc5c4oc4ccccc45)cccc32)cc1. The molecule has 0 N–H and O–H groups in total. The Morgan fingerprint density at radius 1 is 0.345 bits per heavy atom. The Morgan fingerprint density at radius 3 is 1.62 bits per heavy atom. The third kappa shape index (κ3) is 4.32. The van der Waals surface area contributed by atoms with Crippen LogP contribution < -0.4 is 0 Å². The van der Waals surface area contributed by atoms with E-state index in [1.807, 2.05) is 0 Å². The van der Waals surface area contributed by atoms with Crippen LogP contribution in [0.4, 0.5) is 0 Å². The lowest BCUT2D eigenvalue weighted by atomic mass is 9.95. The van der Waals surface area contributed by atoms with Gasteiger partial charge in [0.25, 0.3) is 0 Å². The third-order valence-electron chi connectivity index (χ3n) is 11.5. The number of nitrogens with zero attached hydrogens (tertiary/aromatic N) is 2. The van der Waals surface area contributed by atoms with Gasteiger partial charge in [-0.05, 0) is 87.6 Å². The van der Waals surface area contributed by atoms with Gasteiger partial charge in [-0.15, -0.1) is 0 Å². The number of para-hydroxylation sites is 4. The molecule has 9 aromatic carbocycles. The Morgan fingerprint density at radius 2 is 0.873 bits per heavy atom. The first-order chi connectivity index (χ1) is 27.3. The standard InChI is InChI=1S/C52H32N2O/c1-2-17-35(18-3-1)53-44-26-9-6-21-41(44)50-39(24-13-28-46(50)53)40-25-14-29-47-51(40)42-22-7-10-27-45(42)54(47)48-32-34(37-23-12-16-33-15-4-5-19-36(33)37)31-43-38-20-8-11-30-49(38)55-52(43)48/h1-32H. The van der Waals surface area contributed by atoms with Crippen LogP contribution in [0.2, 0.25) is 0 Å². The van der Waals surface area contributed by atoms with Crippen molar-refractivity contribution in [3.63, 3.8) is 0 Å². The van der Waals surface area contributed by atoms with Crippen molar-refractivity contribution in [3.05, 3.63) is 194 Å². The maximum Gasteiger partial charge on any atom is 0.159 e. The van der Waals surface area contributed by atoms with Crippen molar-refractivity contribution in [2.45, 2.75) is 0 Å². The molecule has 0 radical (unpaired) electrons. The lowest BCUT2D eigenvalue weighted by molar-refractivity contribution is 0.666. The molecule has 55 heavy (non-hydrogen) atoms. The summed E-state index contributed by atoms with van der Waals surface area (Å²) < 4.78 is 11.7. The van der Waals surface area contributed by atoms with Crippen molar-refractivity contribution in [2.24, 2.45) is 0 Å². The Bertz CT molecular complexity index is 3480. The lowest BCUT2D eigenvalue weighted by Crippen LogP contribution is -1.96. The summed E-state index contributed by atoms with van der Waals surface area (Å²) in [6, 6.07) is 70.2. The maximum atomic E-state index is 6.83. The Balaban J connectivity index is 1.20. The number of benzene rings is 9. The van der Waals surface area contributed by atoms with Crippen molar-refractivity contribution in [2.75, 3.05) is 0 Å².